The number of rotatable bonds is 6. The van der Waals surface area contributed by atoms with Gasteiger partial charge in [-0.15, -0.1) is 13.2 Å². The fraction of sp³-hybridized carbons (Fsp3) is 0.100. The summed E-state index contributed by atoms with van der Waals surface area (Å²) >= 11 is 5.95. The number of benzene rings is 2. The van der Waals surface area contributed by atoms with Crippen LogP contribution in [0.2, 0.25) is 5.02 Å². The number of halogens is 4. The highest BCUT2D eigenvalue weighted by Gasteiger charge is 2.30. The lowest BCUT2D eigenvalue weighted by molar-refractivity contribution is -0.274. The van der Waals surface area contributed by atoms with Crippen LogP contribution in [0.1, 0.15) is 5.56 Å². The molecule has 0 unspecified atom stereocenters. The molecule has 3 aromatic rings. The topological polar surface area (TPSA) is 72.5 Å². The van der Waals surface area contributed by atoms with Gasteiger partial charge in [-0.25, -0.2) is 9.78 Å². The molecule has 6 nitrogen and oxygen atoms in total. The third kappa shape index (κ3) is 6.56. The second-order valence-electron chi connectivity index (χ2n) is 5.92. The summed E-state index contributed by atoms with van der Waals surface area (Å²) in [6, 6.07) is 14.5. The Hall–Kier alpha value is -3.46. The van der Waals surface area contributed by atoms with Crippen molar-refractivity contribution in [1.29, 1.82) is 0 Å². The second-order valence-corrected chi connectivity index (χ2v) is 6.36. The molecule has 0 saturated heterocycles. The van der Waals surface area contributed by atoms with Crippen molar-refractivity contribution in [2.45, 2.75) is 13.0 Å². The number of pyridine rings is 1. The zero-order chi connectivity index (χ0) is 21.6. The van der Waals surface area contributed by atoms with Gasteiger partial charge < -0.3 is 14.8 Å². The van der Waals surface area contributed by atoms with E-state index >= 15 is 0 Å². The molecule has 3 rings (SSSR count). The largest absolute Gasteiger partial charge is 0.573 e. The Balaban J connectivity index is 1.60. The lowest BCUT2D eigenvalue weighted by Crippen LogP contribution is -2.21. The molecule has 1 heterocycles. The predicted molar refractivity (Wildman–Crippen MR) is 106 cm³/mol. The number of nitrogens with one attached hydrogen (secondary N) is 2. The molecule has 156 valence electrons. The van der Waals surface area contributed by atoms with Crippen molar-refractivity contribution in [3.63, 3.8) is 0 Å². The molecule has 10 heteroatoms. The molecule has 0 atom stereocenters. The zero-order valence-corrected chi connectivity index (χ0v) is 16.0. The van der Waals surface area contributed by atoms with E-state index in [2.05, 4.69) is 20.4 Å². The highest BCUT2D eigenvalue weighted by atomic mass is 35.5. The van der Waals surface area contributed by atoms with E-state index in [-0.39, 0.29) is 18.1 Å². The van der Waals surface area contributed by atoms with Gasteiger partial charge in [0.2, 0.25) is 0 Å². The normalized spacial score (nSPS) is 10.9. The van der Waals surface area contributed by atoms with Crippen LogP contribution in [0.25, 0.3) is 0 Å². The first-order valence-corrected chi connectivity index (χ1v) is 8.92. The first kappa shape index (κ1) is 21.3. The van der Waals surface area contributed by atoms with E-state index in [4.69, 9.17) is 16.3 Å². The molecule has 0 aliphatic rings. The molecule has 0 aliphatic heterocycles. The molecule has 2 N–H and O–H groups in total. The SMILES string of the molecule is O=C(Nc1ccc(OC(F)(F)F)cc1)Nc1ncccc1OCc1cccc(Cl)c1. The van der Waals surface area contributed by atoms with Crippen LogP contribution < -0.4 is 20.1 Å². The van der Waals surface area contributed by atoms with Crippen molar-refractivity contribution in [2.24, 2.45) is 0 Å². The maximum Gasteiger partial charge on any atom is 0.573 e. The number of ether oxygens (including phenoxy) is 2. The molecule has 0 saturated carbocycles. The Morgan fingerprint density at radius 2 is 1.80 bits per heavy atom. The average Bonchev–Trinajstić information content (AvgIpc) is 2.68. The summed E-state index contributed by atoms with van der Waals surface area (Å²) in [6.07, 6.45) is -3.31. The minimum atomic E-state index is -4.78. The highest BCUT2D eigenvalue weighted by molar-refractivity contribution is 6.30. The Bertz CT molecular complexity index is 1010. The molecule has 0 aliphatic carbocycles. The van der Waals surface area contributed by atoms with Gasteiger partial charge in [0.15, 0.2) is 11.6 Å². The quantitative estimate of drug-likeness (QED) is 0.507. The minimum absolute atomic E-state index is 0.175. The number of hydrogen-bond acceptors (Lipinski definition) is 4. The van der Waals surface area contributed by atoms with E-state index in [0.29, 0.717) is 10.8 Å². The number of carbonyl (C=O) groups excluding carboxylic acids is 1. The summed E-state index contributed by atoms with van der Waals surface area (Å²) in [5, 5.41) is 5.60. The lowest BCUT2D eigenvalue weighted by Gasteiger charge is -2.13. The highest BCUT2D eigenvalue weighted by Crippen LogP contribution is 2.25. The van der Waals surface area contributed by atoms with Crippen LogP contribution >= 0.6 is 11.6 Å². The Morgan fingerprint density at radius 1 is 1.03 bits per heavy atom. The van der Waals surface area contributed by atoms with Gasteiger partial charge in [0, 0.05) is 16.9 Å². The fourth-order valence-corrected chi connectivity index (χ4v) is 2.61. The molecule has 2 amide bonds. The number of urea groups is 1. The van der Waals surface area contributed by atoms with Crippen molar-refractivity contribution in [3.05, 3.63) is 77.4 Å². The summed E-state index contributed by atoms with van der Waals surface area (Å²) in [5.74, 6) is 0.116. The summed E-state index contributed by atoms with van der Waals surface area (Å²) in [5.41, 5.74) is 1.10. The molecule has 0 fully saturated rings. The predicted octanol–water partition coefficient (Wildman–Crippen LogP) is 5.86. The standard InChI is InChI=1S/C20H15ClF3N3O3/c21-14-4-1-3-13(11-14)12-29-17-5-2-10-25-18(17)27-19(28)26-15-6-8-16(9-7-15)30-20(22,23)24/h1-11H,12H2,(H2,25,26,27,28). The molecular weight excluding hydrogens is 423 g/mol. The van der Waals surface area contributed by atoms with Crippen molar-refractivity contribution < 1.29 is 27.4 Å². The monoisotopic (exact) mass is 437 g/mol. The van der Waals surface area contributed by atoms with Gasteiger partial charge in [-0.2, -0.15) is 0 Å². The Kier molecular flexibility index (Phi) is 6.63. The van der Waals surface area contributed by atoms with Gasteiger partial charge >= 0.3 is 12.4 Å². The number of hydrogen-bond donors (Lipinski definition) is 2. The van der Waals surface area contributed by atoms with Gasteiger partial charge in [0.05, 0.1) is 0 Å². The first-order chi connectivity index (χ1) is 14.3. The van der Waals surface area contributed by atoms with E-state index in [9.17, 15) is 18.0 Å². The van der Waals surface area contributed by atoms with Crippen LogP contribution in [0.4, 0.5) is 29.5 Å². The number of anilines is 2. The van der Waals surface area contributed by atoms with Crippen molar-refractivity contribution in [1.82, 2.24) is 4.98 Å². The van der Waals surface area contributed by atoms with Crippen LogP contribution in [0.15, 0.2) is 66.9 Å². The number of carbonyl (C=O) groups is 1. The minimum Gasteiger partial charge on any atom is -0.485 e. The third-order valence-electron chi connectivity index (χ3n) is 3.63. The van der Waals surface area contributed by atoms with Gasteiger partial charge in [0.25, 0.3) is 0 Å². The van der Waals surface area contributed by atoms with Crippen LogP contribution in [0.5, 0.6) is 11.5 Å². The van der Waals surface area contributed by atoms with Gasteiger partial charge in [-0.05, 0) is 54.1 Å². The van der Waals surface area contributed by atoms with Gasteiger partial charge in [0.1, 0.15) is 12.4 Å². The molecular formula is C20H15ClF3N3O3. The number of nitrogens with zero attached hydrogens (tertiary/aromatic N) is 1. The summed E-state index contributed by atoms with van der Waals surface area (Å²) in [7, 11) is 0. The average molecular weight is 438 g/mol. The van der Waals surface area contributed by atoms with Crippen molar-refractivity contribution in [3.8, 4) is 11.5 Å². The second kappa shape index (κ2) is 9.36. The van der Waals surface area contributed by atoms with Crippen LogP contribution in [-0.4, -0.2) is 17.4 Å². The Labute approximate surface area is 174 Å². The van der Waals surface area contributed by atoms with E-state index in [1.807, 2.05) is 6.07 Å². The van der Waals surface area contributed by atoms with Crippen molar-refractivity contribution >= 4 is 29.1 Å². The lowest BCUT2D eigenvalue weighted by atomic mass is 10.2. The molecule has 30 heavy (non-hydrogen) atoms. The Morgan fingerprint density at radius 3 is 2.50 bits per heavy atom. The van der Waals surface area contributed by atoms with Crippen LogP contribution in [-0.2, 0) is 6.61 Å². The van der Waals surface area contributed by atoms with Crippen LogP contribution in [0.3, 0.4) is 0 Å². The van der Waals surface area contributed by atoms with Crippen LogP contribution in [0, 0.1) is 0 Å². The summed E-state index contributed by atoms with van der Waals surface area (Å²) < 4.78 is 46.1. The molecule has 0 bridgehead atoms. The number of amides is 2. The molecule has 2 aromatic carbocycles. The summed E-state index contributed by atoms with van der Waals surface area (Å²) in [4.78, 5) is 16.3. The maximum atomic E-state index is 12.2. The third-order valence-corrected chi connectivity index (χ3v) is 3.87. The molecule has 1 aromatic heterocycles. The van der Waals surface area contributed by atoms with Gasteiger partial charge in [-0.3, -0.25) is 5.32 Å². The van der Waals surface area contributed by atoms with E-state index in [0.717, 1.165) is 17.7 Å². The van der Waals surface area contributed by atoms with E-state index < -0.39 is 18.1 Å². The van der Waals surface area contributed by atoms with E-state index in [1.54, 1.807) is 30.3 Å². The number of alkyl halides is 3. The molecule has 0 radical (unpaired) electrons. The molecule has 0 spiro atoms. The fourth-order valence-electron chi connectivity index (χ4n) is 2.40. The summed E-state index contributed by atoms with van der Waals surface area (Å²) in [6.45, 7) is 0.212. The smallest absolute Gasteiger partial charge is 0.485 e. The van der Waals surface area contributed by atoms with E-state index in [1.165, 1.54) is 18.3 Å². The van der Waals surface area contributed by atoms with Gasteiger partial charge in [-0.1, -0.05) is 23.7 Å². The first-order valence-electron chi connectivity index (χ1n) is 8.54. The maximum absolute atomic E-state index is 12.2. The zero-order valence-electron chi connectivity index (χ0n) is 15.2. The number of aromatic nitrogens is 1. The van der Waals surface area contributed by atoms with Crippen molar-refractivity contribution in [2.75, 3.05) is 10.6 Å².